The molecule has 0 aromatic carbocycles. The minimum Gasteiger partial charge on any atom is -0.477 e. The van der Waals surface area contributed by atoms with Crippen LogP contribution in [0.2, 0.25) is 0 Å². The molecule has 0 radical (unpaired) electrons. The van der Waals surface area contributed by atoms with E-state index in [2.05, 4.69) is 9.99 Å². The third-order valence-corrected chi connectivity index (χ3v) is 3.62. The van der Waals surface area contributed by atoms with Crippen LogP contribution in [0.1, 0.15) is 13.3 Å². The first-order valence-corrected chi connectivity index (χ1v) is 5.77. The predicted molar refractivity (Wildman–Crippen MR) is 57.1 cm³/mol. The van der Waals surface area contributed by atoms with Crippen LogP contribution in [0.4, 0.5) is 8.78 Å². The van der Waals surface area contributed by atoms with Crippen LogP contribution in [0, 0.1) is 5.92 Å². The van der Waals surface area contributed by atoms with E-state index in [1.54, 1.807) is 6.92 Å². The second kappa shape index (κ2) is 4.99. The number of halogens is 2. The molecule has 0 bridgehead atoms. The zero-order valence-electron chi connectivity index (χ0n) is 8.94. The molecule has 1 N–H and O–H groups in total. The van der Waals surface area contributed by atoms with Gasteiger partial charge in [-0.2, -0.15) is 11.8 Å². The average molecular weight is 253 g/mol. The number of aliphatic carboxylic acids is 1. The van der Waals surface area contributed by atoms with Crippen LogP contribution in [0.5, 0.6) is 0 Å². The molecule has 7 heteroatoms. The van der Waals surface area contributed by atoms with Crippen LogP contribution in [0.15, 0.2) is 5.16 Å². The summed E-state index contributed by atoms with van der Waals surface area (Å²) in [5, 5.41) is 11.7. The van der Waals surface area contributed by atoms with Gasteiger partial charge in [0.1, 0.15) is 7.11 Å². The molecule has 1 saturated carbocycles. The molecule has 0 saturated heterocycles. The molecule has 1 aliphatic carbocycles. The maximum Gasteiger partial charge on any atom is 0.354 e. The number of hydrogen-bond acceptors (Lipinski definition) is 4. The minimum atomic E-state index is -2.56. The van der Waals surface area contributed by atoms with Crippen LogP contribution in [0.25, 0.3) is 0 Å². The van der Waals surface area contributed by atoms with Crippen molar-refractivity contribution in [2.24, 2.45) is 11.1 Å². The summed E-state index contributed by atoms with van der Waals surface area (Å²) in [4.78, 5) is 15.1. The molecule has 1 aliphatic rings. The number of hydrogen-bond donors (Lipinski definition) is 1. The fourth-order valence-corrected chi connectivity index (χ4v) is 2.36. The highest BCUT2D eigenvalue weighted by atomic mass is 32.2. The fourth-order valence-electron chi connectivity index (χ4n) is 1.18. The predicted octanol–water partition coefficient (Wildman–Crippen LogP) is 1.85. The van der Waals surface area contributed by atoms with Gasteiger partial charge in [0.05, 0.1) is 5.25 Å². The van der Waals surface area contributed by atoms with Crippen molar-refractivity contribution in [3.8, 4) is 0 Å². The van der Waals surface area contributed by atoms with E-state index < -0.39 is 23.1 Å². The zero-order chi connectivity index (χ0) is 12.3. The lowest BCUT2D eigenvalue weighted by Crippen LogP contribution is -2.24. The van der Waals surface area contributed by atoms with Crippen molar-refractivity contribution in [1.29, 1.82) is 0 Å². The average Bonchev–Trinajstić information content (AvgIpc) is 2.79. The summed E-state index contributed by atoms with van der Waals surface area (Å²) in [7, 11) is 1.25. The highest BCUT2D eigenvalue weighted by Crippen LogP contribution is 2.50. The van der Waals surface area contributed by atoms with Gasteiger partial charge in [0.15, 0.2) is 5.71 Å². The summed E-state index contributed by atoms with van der Waals surface area (Å²) in [6, 6.07) is 0. The van der Waals surface area contributed by atoms with Crippen LogP contribution in [0.3, 0.4) is 0 Å². The number of thioether (sulfide) groups is 1. The van der Waals surface area contributed by atoms with Gasteiger partial charge in [-0.15, -0.1) is 0 Å². The smallest absolute Gasteiger partial charge is 0.354 e. The number of carboxylic acid groups (broad SMARTS) is 1. The number of oxime groups is 1. The van der Waals surface area contributed by atoms with Gasteiger partial charge in [-0.05, 0) is 6.92 Å². The van der Waals surface area contributed by atoms with E-state index in [0.29, 0.717) is 0 Å². The lowest BCUT2D eigenvalue weighted by atomic mass is 10.3. The van der Waals surface area contributed by atoms with Gasteiger partial charge in [0.25, 0.3) is 5.92 Å². The Morgan fingerprint density at radius 3 is 2.69 bits per heavy atom. The molecule has 0 amide bonds. The molecule has 4 nitrogen and oxygen atoms in total. The Balaban J connectivity index is 2.41. The van der Waals surface area contributed by atoms with Gasteiger partial charge in [-0.1, -0.05) is 5.16 Å². The second-order valence-electron chi connectivity index (χ2n) is 3.60. The number of alkyl halides is 2. The van der Waals surface area contributed by atoms with Gasteiger partial charge in [-0.3, -0.25) is 0 Å². The molecule has 0 aromatic rings. The van der Waals surface area contributed by atoms with E-state index in [9.17, 15) is 13.6 Å². The van der Waals surface area contributed by atoms with E-state index in [4.69, 9.17) is 5.11 Å². The lowest BCUT2D eigenvalue weighted by Gasteiger charge is -2.09. The van der Waals surface area contributed by atoms with E-state index in [0.717, 1.165) is 11.8 Å². The van der Waals surface area contributed by atoms with Crippen LogP contribution in [-0.2, 0) is 9.63 Å². The molecular weight excluding hydrogens is 240 g/mol. The third-order valence-electron chi connectivity index (χ3n) is 2.30. The molecule has 0 heterocycles. The summed E-state index contributed by atoms with van der Waals surface area (Å²) in [5.74, 6) is -4.14. The standard InChI is InChI=1S/C9H13F2NO3S/c1-5(7(8(13)14)12-15-2)16-4-6-3-9(6,10)11/h5-6H,3-4H2,1-2H3,(H,13,14). The number of nitrogens with zero attached hydrogens (tertiary/aromatic N) is 1. The van der Waals surface area contributed by atoms with E-state index >= 15 is 0 Å². The topological polar surface area (TPSA) is 58.9 Å². The van der Waals surface area contributed by atoms with E-state index in [1.807, 2.05) is 0 Å². The monoisotopic (exact) mass is 253 g/mol. The molecule has 92 valence electrons. The Morgan fingerprint density at radius 2 is 2.31 bits per heavy atom. The molecule has 2 atom stereocenters. The van der Waals surface area contributed by atoms with Crippen molar-refractivity contribution in [3.05, 3.63) is 0 Å². The van der Waals surface area contributed by atoms with Crippen LogP contribution >= 0.6 is 11.8 Å². The Bertz CT molecular complexity index is 309. The summed E-state index contributed by atoms with van der Waals surface area (Å²) < 4.78 is 25.1. The fraction of sp³-hybridized carbons (Fsp3) is 0.778. The van der Waals surface area contributed by atoms with Crippen molar-refractivity contribution < 1.29 is 23.5 Å². The van der Waals surface area contributed by atoms with Gasteiger partial charge in [0, 0.05) is 18.1 Å². The molecular formula is C9H13F2NO3S. The van der Waals surface area contributed by atoms with Crippen molar-refractivity contribution in [2.45, 2.75) is 24.5 Å². The molecule has 0 aliphatic heterocycles. The van der Waals surface area contributed by atoms with Gasteiger partial charge in [-0.25, -0.2) is 13.6 Å². The summed E-state index contributed by atoms with van der Waals surface area (Å²) >= 11 is 1.15. The molecule has 1 fully saturated rings. The molecule has 1 rings (SSSR count). The molecule has 16 heavy (non-hydrogen) atoms. The molecule has 0 aromatic heterocycles. The quantitative estimate of drug-likeness (QED) is 0.579. The Kier molecular flexibility index (Phi) is 4.12. The van der Waals surface area contributed by atoms with Crippen molar-refractivity contribution in [2.75, 3.05) is 12.9 Å². The third kappa shape index (κ3) is 3.33. The number of carboxylic acids is 1. The molecule has 0 spiro atoms. The largest absolute Gasteiger partial charge is 0.477 e. The Morgan fingerprint density at radius 1 is 1.75 bits per heavy atom. The maximum atomic E-state index is 12.6. The normalized spacial score (nSPS) is 25.0. The number of carbonyl (C=O) groups is 1. The first-order chi connectivity index (χ1) is 7.38. The minimum absolute atomic E-state index is 0.101. The Hall–Kier alpha value is -0.850. The second-order valence-corrected chi connectivity index (χ2v) is 4.98. The molecule has 2 unspecified atom stereocenters. The van der Waals surface area contributed by atoms with Gasteiger partial charge < -0.3 is 9.94 Å². The van der Waals surface area contributed by atoms with E-state index in [-0.39, 0.29) is 17.9 Å². The van der Waals surface area contributed by atoms with Crippen molar-refractivity contribution in [3.63, 3.8) is 0 Å². The zero-order valence-corrected chi connectivity index (χ0v) is 9.76. The highest BCUT2D eigenvalue weighted by Gasteiger charge is 2.56. The van der Waals surface area contributed by atoms with Crippen LogP contribution in [-0.4, -0.2) is 40.8 Å². The first kappa shape index (κ1) is 13.2. The first-order valence-electron chi connectivity index (χ1n) is 4.72. The maximum absolute atomic E-state index is 12.6. The SMILES string of the molecule is CON=C(C(=O)O)C(C)SCC1CC1(F)F. The van der Waals surface area contributed by atoms with Gasteiger partial charge >= 0.3 is 5.97 Å². The van der Waals surface area contributed by atoms with E-state index in [1.165, 1.54) is 7.11 Å². The van der Waals surface area contributed by atoms with Gasteiger partial charge in [0.2, 0.25) is 0 Å². The Labute approximate surface area is 96.0 Å². The lowest BCUT2D eigenvalue weighted by molar-refractivity contribution is -0.129. The number of rotatable bonds is 6. The summed E-state index contributed by atoms with van der Waals surface area (Å²) in [5.41, 5.74) is -0.156. The van der Waals surface area contributed by atoms with Crippen LogP contribution < -0.4 is 0 Å². The van der Waals surface area contributed by atoms with Crippen molar-refractivity contribution >= 4 is 23.4 Å². The highest BCUT2D eigenvalue weighted by molar-refractivity contribution is 8.00. The van der Waals surface area contributed by atoms with Crippen molar-refractivity contribution in [1.82, 2.24) is 0 Å². The summed E-state index contributed by atoms with van der Waals surface area (Å²) in [6.45, 7) is 1.61. The summed E-state index contributed by atoms with van der Waals surface area (Å²) in [6.07, 6.45) is -0.101.